The van der Waals surface area contributed by atoms with Crippen molar-refractivity contribution in [2.75, 3.05) is 37.8 Å². The van der Waals surface area contributed by atoms with Crippen molar-refractivity contribution < 1.29 is 9.47 Å². The fourth-order valence-electron chi connectivity index (χ4n) is 3.09. The molecule has 2 aliphatic rings. The van der Waals surface area contributed by atoms with Crippen molar-refractivity contribution in [2.45, 2.75) is 38.5 Å². The summed E-state index contributed by atoms with van der Waals surface area (Å²) in [5.41, 5.74) is 2.66. The van der Waals surface area contributed by atoms with Crippen LogP contribution in [0.2, 0.25) is 0 Å². The van der Waals surface area contributed by atoms with Crippen molar-refractivity contribution in [3.63, 3.8) is 0 Å². The zero-order valence-corrected chi connectivity index (χ0v) is 12.9. The van der Waals surface area contributed by atoms with Crippen molar-refractivity contribution >= 4 is 5.69 Å². The van der Waals surface area contributed by atoms with E-state index in [1.54, 1.807) is 0 Å². The Balaban J connectivity index is 1.49. The van der Waals surface area contributed by atoms with E-state index in [2.05, 4.69) is 41.4 Å². The molecule has 0 saturated carbocycles. The van der Waals surface area contributed by atoms with Crippen LogP contribution in [0.1, 0.15) is 25.3 Å². The molecule has 2 aliphatic heterocycles. The maximum absolute atomic E-state index is 5.59. The number of rotatable bonds is 4. The second-order valence-electron chi connectivity index (χ2n) is 6.05. The predicted molar refractivity (Wildman–Crippen MR) is 84.7 cm³/mol. The molecule has 116 valence electrons. The lowest BCUT2D eigenvalue weighted by Gasteiger charge is -2.29. The van der Waals surface area contributed by atoms with Gasteiger partial charge in [-0.1, -0.05) is 12.1 Å². The van der Waals surface area contributed by atoms with E-state index >= 15 is 0 Å². The summed E-state index contributed by atoms with van der Waals surface area (Å²) in [4.78, 5) is 2.39. The molecule has 2 saturated heterocycles. The second-order valence-corrected chi connectivity index (χ2v) is 6.05. The Labute approximate surface area is 127 Å². The highest BCUT2D eigenvalue weighted by molar-refractivity contribution is 5.47. The SMILES string of the molecule is CC1CC(NCc2ccc(N3CCOCC3)cc2)CCO1. The lowest BCUT2D eigenvalue weighted by molar-refractivity contribution is 0.0130. The maximum atomic E-state index is 5.59. The molecule has 4 nitrogen and oxygen atoms in total. The van der Waals surface area contributed by atoms with Crippen LogP contribution in [-0.2, 0) is 16.0 Å². The lowest BCUT2D eigenvalue weighted by atomic mass is 10.0. The molecular formula is C17H26N2O2. The largest absolute Gasteiger partial charge is 0.378 e. The average molecular weight is 290 g/mol. The summed E-state index contributed by atoms with van der Waals surface area (Å²) < 4.78 is 11.0. The van der Waals surface area contributed by atoms with Gasteiger partial charge in [0.1, 0.15) is 0 Å². The van der Waals surface area contributed by atoms with Crippen LogP contribution in [0, 0.1) is 0 Å². The van der Waals surface area contributed by atoms with E-state index < -0.39 is 0 Å². The van der Waals surface area contributed by atoms with Gasteiger partial charge < -0.3 is 19.7 Å². The third-order valence-electron chi connectivity index (χ3n) is 4.39. The Kier molecular flexibility index (Phi) is 5.12. The van der Waals surface area contributed by atoms with Gasteiger partial charge in [0.05, 0.1) is 19.3 Å². The van der Waals surface area contributed by atoms with E-state index in [1.165, 1.54) is 11.3 Å². The normalized spacial score (nSPS) is 26.8. The Morgan fingerprint density at radius 1 is 1.14 bits per heavy atom. The monoisotopic (exact) mass is 290 g/mol. The number of anilines is 1. The van der Waals surface area contributed by atoms with E-state index in [1.807, 2.05) is 0 Å². The van der Waals surface area contributed by atoms with Crippen LogP contribution in [-0.4, -0.2) is 45.1 Å². The van der Waals surface area contributed by atoms with Crippen molar-refractivity contribution in [2.24, 2.45) is 0 Å². The molecule has 0 radical (unpaired) electrons. The van der Waals surface area contributed by atoms with Crippen LogP contribution < -0.4 is 10.2 Å². The number of nitrogens with one attached hydrogen (secondary N) is 1. The van der Waals surface area contributed by atoms with Gasteiger partial charge in [0.25, 0.3) is 0 Å². The summed E-state index contributed by atoms with van der Waals surface area (Å²) in [7, 11) is 0. The Bertz CT molecular complexity index is 429. The first-order valence-electron chi connectivity index (χ1n) is 8.08. The minimum Gasteiger partial charge on any atom is -0.378 e. The second kappa shape index (κ2) is 7.25. The zero-order valence-electron chi connectivity index (χ0n) is 12.9. The minimum absolute atomic E-state index is 0.389. The van der Waals surface area contributed by atoms with Crippen LogP contribution in [0.15, 0.2) is 24.3 Å². The number of morpholine rings is 1. The summed E-state index contributed by atoms with van der Waals surface area (Å²) in [5.74, 6) is 0. The number of benzene rings is 1. The summed E-state index contributed by atoms with van der Waals surface area (Å²) in [6.45, 7) is 7.66. The van der Waals surface area contributed by atoms with Gasteiger partial charge >= 0.3 is 0 Å². The van der Waals surface area contributed by atoms with Crippen molar-refractivity contribution in [3.05, 3.63) is 29.8 Å². The zero-order chi connectivity index (χ0) is 14.5. The van der Waals surface area contributed by atoms with Crippen LogP contribution in [0.25, 0.3) is 0 Å². The third kappa shape index (κ3) is 4.19. The van der Waals surface area contributed by atoms with Gasteiger partial charge in [-0.3, -0.25) is 0 Å². The molecule has 0 spiro atoms. The molecule has 0 aromatic heterocycles. The van der Waals surface area contributed by atoms with E-state index in [4.69, 9.17) is 9.47 Å². The summed E-state index contributed by atoms with van der Waals surface area (Å²) in [6.07, 6.45) is 2.63. The van der Waals surface area contributed by atoms with E-state index in [9.17, 15) is 0 Å². The molecule has 2 atom stereocenters. The Hall–Kier alpha value is -1.10. The standard InChI is InChI=1S/C17H26N2O2/c1-14-12-16(6-9-21-14)18-13-15-2-4-17(5-3-15)19-7-10-20-11-8-19/h2-5,14,16,18H,6-13H2,1H3. The van der Waals surface area contributed by atoms with Gasteiger partial charge in [0, 0.05) is 38.0 Å². The van der Waals surface area contributed by atoms with E-state index in [0.717, 1.165) is 52.3 Å². The number of hydrogen-bond donors (Lipinski definition) is 1. The molecule has 4 heteroatoms. The van der Waals surface area contributed by atoms with Gasteiger partial charge in [0.2, 0.25) is 0 Å². The van der Waals surface area contributed by atoms with Crippen LogP contribution in [0.5, 0.6) is 0 Å². The van der Waals surface area contributed by atoms with Gasteiger partial charge in [-0.25, -0.2) is 0 Å². The molecule has 0 aliphatic carbocycles. The molecule has 1 N–H and O–H groups in total. The Morgan fingerprint density at radius 2 is 1.90 bits per heavy atom. The van der Waals surface area contributed by atoms with Gasteiger partial charge in [-0.15, -0.1) is 0 Å². The molecule has 2 heterocycles. The Morgan fingerprint density at radius 3 is 2.62 bits per heavy atom. The minimum atomic E-state index is 0.389. The summed E-state index contributed by atoms with van der Waals surface area (Å²) in [6, 6.07) is 9.53. The highest BCUT2D eigenvalue weighted by Gasteiger charge is 2.18. The summed E-state index contributed by atoms with van der Waals surface area (Å²) >= 11 is 0. The molecule has 2 fully saturated rings. The van der Waals surface area contributed by atoms with Gasteiger partial charge in [-0.2, -0.15) is 0 Å². The molecule has 0 bridgehead atoms. The topological polar surface area (TPSA) is 33.7 Å². The lowest BCUT2D eigenvalue weighted by Crippen LogP contribution is -2.37. The van der Waals surface area contributed by atoms with E-state index in [0.29, 0.717) is 12.1 Å². The highest BCUT2D eigenvalue weighted by atomic mass is 16.5. The average Bonchev–Trinajstić information content (AvgIpc) is 2.54. The van der Waals surface area contributed by atoms with Gasteiger partial charge in [0.15, 0.2) is 0 Å². The molecule has 3 rings (SSSR count). The summed E-state index contributed by atoms with van der Waals surface area (Å²) in [5, 5.41) is 3.65. The van der Waals surface area contributed by atoms with Crippen molar-refractivity contribution in [3.8, 4) is 0 Å². The number of hydrogen-bond acceptors (Lipinski definition) is 4. The first kappa shape index (κ1) is 14.8. The predicted octanol–water partition coefficient (Wildman–Crippen LogP) is 2.18. The molecular weight excluding hydrogens is 264 g/mol. The molecule has 2 unspecified atom stereocenters. The number of nitrogens with zero attached hydrogens (tertiary/aromatic N) is 1. The number of ether oxygens (including phenoxy) is 2. The van der Waals surface area contributed by atoms with Crippen LogP contribution in [0.3, 0.4) is 0 Å². The van der Waals surface area contributed by atoms with Crippen molar-refractivity contribution in [1.29, 1.82) is 0 Å². The van der Waals surface area contributed by atoms with Crippen LogP contribution >= 0.6 is 0 Å². The van der Waals surface area contributed by atoms with Gasteiger partial charge in [-0.05, 0) is 37.5 Å². The first-order valence-corrected chi connectivity index (χ1v) is 8.08. The van der Waals surface area contributed by atoms with Crippen molar-refractivity contribution in [1.82, 2.24) is 5.32 Å². The quantitative estimate of drug-likeness (QED) is 0.921. The molecule has 1 aromatic rings. The third-order valence-corrected chi connectivity index (χ3v) is 4.39. The fraction of sp³-hybridized carbons (Fsp3) is 0.647. The first-order chi connectivity index (χ1) is 10.3. The maximum Gasteiger partial charge on any atom is 0.0642 e. The smallest absolute Gasteiger partial charge is 0.0642 e. The molecule has 0 amide bonds. The molecule has 21 heavy (non-hydrogen) atoms. The highest BCUT2D eigenvalue weighted by Crippen LogP contribution is 2.18. The van der Waals surface area contributed by atoms with Crippen LogP contribution in [0.4, 0.5) is 5.69 Å². The molecule has 1 aromatic carbocycles. The fourth-order valence-corrected chi connectivity index (χ4v) is 3.09. The van der Waals surface area contributed by atoms with E-state index in [-0.39, 0.29) is 0 Å².